The Morgan fingerprint density at radius 1 is 1.54 bits per heavy atom. The molecule has 0 atom stereocenters. The third-order valence-corrected chi connectivity index (χ3v) is 1.85. The lowest BCUT2D eigenvalue weighted by Gasteiger charge is -1.86. The first kappa shape index (κ1) is 7.90. The van der Waals surface area contributed by atoms with Gasteiger partial charge in [0.1, 0.15) is 0 Å². The van der Waals surface area contributed by atoms with E-state index in [9.17, 15) is 0 Å². The van der Waals surface area contributed by atoms with Crippen LogP contribution < -0.4 is 5.32 Å². The van der Waals surface area contributed by atoms with Gasteiger partial charge in [-0.2, -0.15) is 5.26 Å². The number of hydrogen-bond donors (Lipinski definition) is 2. The van der Waals surface area contributed by atoms with Gasteiger partial charge in [0.15, 0.2) is 6.19 Å². The Kier molecular flexibility index (Phi) is 1.80. The largest absolute Gasteiger partial charge is 0.323 e. The highest BCUT2D eigenvalue weighted by atomic mass is 35.5. The molecule has 0 radical (unpaired) electrons. The summed E-state index contributed by atoms with van der Waals surface area (Å²) >= 11 is 5.77. The lowest BCUT2D eigenvalue weighted by Crippen LogP contribution is -1.87. The molecule has 0 saturated heterocycles. The number of benzene rings is 1. The van der Waals surface area contributed by atoms with Crippen LogP contribution in [0, 0.1) is 11.5 Å². The molecule has 0 aliphatic carbocycles. The van der Waals surface area contributed by atoms with Crippen LogP contribution >= 0.6 is 11.6 Å². The molecule has 0 saturated carbocycles. The first-order chi connectivity index (χ1) is 6.29. The third-order valence-electron chi connectivity index (χ3n) is 1.62. The number of aromatic amines is 1. The van der Waals surface area contributed by atoms with Crippen LogP contribution in [0.15, 0.2) is 18.2 Å². The van der Waals surface area contributed by atoms with Crippen LogP contribution in [0.5, 0.6) is 0 Å². The molecule has 1 aromatic carbocycles. The summed E-state index contributed by atoms with van der Waals surface area (Å²) in [7, 11) is 0. The van der Waals surface area contributed by atoms with Crippen molar-refractivity contribution in [2.45, 2.75) is 0 Å². The second kappa shape index (κ2) is 2.96. The predicted molar refractivity (Wildman–Crippen MR) is 50.3 cm³/mol. The molecule has 0 spiro atoms. The first-order valence-corrected chi connectivity index (χ1v) is 3.98. The molecular formula is C8H5ClN4. The van der Waals surface area contributed by atoms with Crippen LogP contribution in [0.4, 0.5) is 5.95 Å². The van der Waals surface area contributed by atoms with Gasteiger partial charge in [-0.15, -0.1) is 0 Å². The Morgan fingerprint density at radius 2 is 2.38 bits per heavy atom. The maximum atomic E-state index is 8.35. The molecule has 1 heterocycles. The maximum Gasteiger partial charge on any atom is 0.214 e. The van der Waals surface area contributed by atoms with Gasteiger partial charge in [-0.05, 0) is 18.2 Å². The third kappa shape index (κ3) is 1.42. The number of nitrogens with zero attached hydrogens (tertiary/aromatic N) is 2. The van der Waals surface area contributed by atoms with Gasteiger partial charge in [-0.3, -0.25) is 5.32 Å². The van der Waals surface area contributed by atoms with Crippen LogP contribution in [0.1, 0.15) is 0 Å². The number of imidazole rings is 1. The molecule has 4 nitrogen and oxygen atoms in total. The van der Waals surface area contributed by atoms with Crippen molar-refractivity contribution < 1.29 is 0 Å². The highest BCUT2D eigenvalue weighted by Crippen LogP contribution is 2.18. The molecule has 0 unspecified atom stereocenters. The van der Waals surface area contributed by atoms with Crippen molar-refractivity contribution in [2.24, 2.45) is 0 Å². The zero-order valence-electron chi connectivity index (χ0n) is 6.50. The molecule has 1 aromatic heterocycles. The fraction of sp³-hybridized carbons (Fsp3) is 0. The van der Waals surface area contributed by atoms with Gasteiger partial charge in [0.2, 0.25) is 5.95 Å². The van der Waals surface area contributed by atoms with Gasteiger partial charge < -0.3 is 4.98 Å². The minimum Gasteiger partial charge on any atom is -0.323 e. The standard InChI is InChI=1S/C8H5ClN4/c9-5-1-2-6-7(3-5)13-8(12-6)11-4-10/h1-3H,(H2,11,12,13). The van der Waals surface area contributed by atoms with E-state index < -0.39 is 0 Å². The zero-order chi connectivity index (χ0) is 9.26. The molecule has 13 heavy (non-hydrogen) atoms. The van der Waals surface area contributed by atoms with Crippen LogP contribution in [0.3, 0.4) is 0 Å². The van der Waals surface area contributed by atoms with Crippen molar-refractivity contribution >= 4 is 28.6 Å². The first-order valence-electron chi connectivity index (χ1n) is 3.60. The van der Waals surface area contributed by atoms with Crippen molar-refractivity contribution in [2.75, 3.05) is 5.32 Å². The molecule has 0 fully saturated rings. The van der Waals surface area contributed by atoms with Crippen molar-refractivity contribution in [3.8, 4) is 6.19 Å². The number of fused-ring (bicyclic) bond motifs is 1. The lowest BCUT2D eigenvalue weighted by molar-refractivity contribution is 1.31. The summed E-state index contributed by atoms with van der Waals surface area (Å²) in [6, 6.07) is 5.31. The Morgan fingerprint density at radius 3 is 3.15 bits per heavy atom. The number of nitrogens with one attached hydrogen (secondary N) is 2. The van der Waals surface area contributed by atoms with E-state index in [2.05, 4.69) is 15.3 Å². The van der Waals surface area contributed by atoms with Gasteiger partial charge in [0.25, 0.3) is 0 Å². The summed E-state index contributed by atoms with van der Waals surface area (Å²) in [6.45, 7) is 0. The normalized spacial score (nSPS) is 9.85. The van der Waals surface area contributed by atoms with Crippen LogP contribution in [-0.2, 0) is 0 Å². The summed E-state index contributed by atoms with van der Waals surface area (Å²) in [4.78, 5) is 7.01. The Hall–Kier alpha value is -1.73. The number of halogens is 1. The molecule has 2 N–H and O–H groups in total. The average molecular weight is 193 g/mol. The van der Waals surface area contributed by atoms with Gasteiger partial charge >= 0.3 is 0 Å². The highest BCUT2D eigenvalue weighted by Gasteiger charge is 2.01. The fourth-order valence-corrected chi connectivity index (χ4v) is 1.26. The van der Waals surface area contributed by atoms with Crippen LogP contribution in [0.2, 0.25) is 5.02 Å². The second-order valence-corrected chi connectivity index (χ2v) is 2.92. The SMILES string of the molecule is N#CNc1nc2cc(Cl)ccc2[nH]1. The van der Waals surface area contributed by atoms with Gasteiger partial charge in [0, 0.05) is 5.02 Å². The average Bonchev–Trinajstić information content (AvgIpc) is 2.46. The van der Waals surface area contributed by atoms with Crippen molar-refractivity contribution in [3.63, 3.8) is 0 Å². The Labute approximate surface area is 79.2 Å². The lowest BCUT2D eigenvalue weighted by atomic mass is 10.3. The summed E-state index contributed by atoms with van der Waals surface area (Å²) in [5.74, 6) is 0.430. The molecule has 0 bridgehead atoms. The topological polar surface area (TPSA) is 64.5 Å². The molecule has 5 heteroatoms. The van der Waals surface area contributed by atoms with E-state index >= 15 is 0 Å². The van der Waals surface area contributed by atoms with E-state index in [1.54, 1.807) is 18.3 Å². The van der Waals surface area contributed by atoms with E-state index in [0.29, 0.717) is 11.0 Å². The Bertz CT molecular complexity index is 482. The number of aromatic nitrogens is 2. The predicted octanol–water partition coefficient (Wildman–Crippen LogP) is 2.11. The zero-order valence-corrected chi connectivity index (χ0v) is 7.26. The molecule has 0 aliphatic rings. The smallest absolute Gasteiger partial charge is 0.214 e. The van der Waals surface area contributed by atoms with Gasteiger partial charge in [0.05, 0.1) is 11.0 Å². The summed E-state index contributed by atoms with van der Waals surface area (Å²) in [5.41, 5.74) is 1.59. The number of nitriles is 1. The number of H-pyrrole nitrogens is 1. The van der Waals surface area contributed by atoms with Gasteiger partial charge in [-0.1, -0.05) is 11.6 Å². The Balaban J connectivity index is 2.57. The summed E-state index contributed by atoms with van der Waals surface area (Å²) < 4.78 is 0. The minimum atomic E-state index is 0.430. The fourth-order valence-electron chi connectivity index (χ4n) is 1.09. The van der Waals surface area contributed by atoms with Crippen molar-refractivity contribution in [3.05, 3.63) is 23.2 Å². The molecular weight excluding hydrogens is 188 g/mol. The van der Waals surface area contributed by atoms with E-state index in [0.717, 1.165) is 11.0 Å². The maximum absolute atomic E-state index is 8.35. The van der Waals surface area contributed by atoms with Gasteiger partial charge in [-0.25, -0.2) is 4.98 Å². The van der Waals surface area contributed by atoms with Crippen LogP contribution in [0.25, 0.3) is 11.0 Å². The molecule has 2 aromatic rings. The summed E-state index contributed by atoms with van der Waals surface area (Å²) in [5, 5.41) is 11.4. The number of hydrogen-bond acceptors (Lipinski definition) is 3. The molecule has 0 aliphatic heterocycles. The monoisotopic (exact) mass is 192 g/mol. The number of rotatable bonds is 1. The van der Waals surface area contributed by atoms with E-state index in [1.807, 2.05) is 6.07 Å². The van der Waals surface area contributed by atoms with Crippen molar-refractivity contribution in [1.82, 2.24) is 9.97 Å². The summed E-state index contributed by atoms with van der Waals surface area (Å²) in [6.07, 6.45) is 1.78. The van der Waals surface area contributed by atoms with E-state index in [4.69, 9.17) is 16.9 Å². The molecule has 64 valence electrons. The second-order valence-electron chi connectivity index (χ2n) is 2.48. The highest BCUT2D eigenvalue weighted by molar-refractivity contribution is 6.31. The van der Waals surface area contributed by atoms with E-state index in [1.165, 1.54) is 0 Å². The molecule has 2 rings (SSSR count). The van der Waals surface area contributed by atoms with Crippen LogP contribution in [-0.4, -0.2) is 9.97 Å². The van der Waals surface area contributed by atoms with E-state index in [-0.39, 0.29) is 0 Å². The minimum absolute atomic E-state index is 0.430. The quantitative estimate of drug-likeness (QED) is 0.537. The van der Waals surface area contributed by atoms with Crippen molar-refractivity contribution in [1.29, 1.82) is 5.26 Å². The molecule has 0 amide bonds. The number of anilines is 1.